The van der Waals surface area contributed by atoms with Gasteiger partial charge in [0.25, 0.3) is 5.56 Å². The van der Waals surface area contributed by atoms with Crippen molar-refractivity contribution >= 4 is 15.9 Å². The molecule has 0 aliphatic heterocycles. The van der Waals surface area contributed by atoms with Crippen LogP contribution in [0.15, 0.2) is 27.7 Å². The molecule has 15 heavy (non-hydrogen) atoms. The third kappa shape index (κ3) is 2.15. The molecule has 0 saturated heterocycles. The molecular formula is C9H9BrN4O. The number of rotatable bonds is 2. The molecule has 0 atom stereocenters. The van der Waals surface area contributed by atoms with E-state index in [1.165, 1.54) is 6.07 Å². The number of hydrogen-bond acceptors (Lipinski definition) is 3. The highest BCUT2D eigenvalue weighted by molar-refractivity contribution is 9.10. The van der Waals surface area contributed by atoms with Crippen LogP contribution in [-0.4, -0.2) is 19.7 Å². The molecular weight excluding hydrogens is 260 g/mol. The summed E-state index contributed by atoms with van der Waals surface area (Å²) in [6.45, 7) is 1.93. The van der Waals surface area contributed by atoms with Crippen LogP contribution in [0.3, 0.4) is 0 Å². The molecule has 2 aromatic heterocycles. The van der Waals surface area contributed by atoms with E-state index in [2.05, 4.69) is 31.0 Å². The molecule has 0 bridgehead atoms. The third-order valence-corrected chi connectivity index (χ3v) is 2.33. The molecule has 0 unspecified atom stereocenters. The van der Waals surface area contributed by atoms with Crippen molar-refractivity contribution in [1.82, 2.24) is 19.7 Å². The minimum atomic E-state index is -0.163. The smallest absolute Gasteiger partial charge is 0.253 e. The fourth-order valence-electron chi connectivity index (χ4n) is 1.21. The van der Waals surface area contributed by atoms with E-state index in [0.717, 1.165) is 0 Å². The summed E-state index contributed by atoms with van der Waals surface area (Å²) in [7, 11) is 0. The van der Waals surface area contributed by atoms with Crippen molar-refractivity contribution in [1.29, 1.82) is 0 Å². The number of nitrogens with one attached hydrogen (secondary N) is 1. The van der Waals surface area contributed by atoms with Crippen LogP contribution < -0.4 is 5.56 Å². The molecule has 0 aliphatic carbocycles. The van der Waals surface area contributed by atoms with Crippen LogP contribution >= 0.6 is 15.9 Å². The van der Waals surface area contributed by atoms with Gasteiger partial charge in [0, 0.05) is 18.7 Å². The van der Waals surface area contributed by atoms with Gasteiger partial charge in [0.2, 0.25) is 0 Å². The van der Waals surface area contributed by atoms with Crippen LogP contribution in [0.5, 0.6) is 0 Å². The number of H-pyrrole nitrogens is 1. The van der Waals surface area contributed by atoms with Crippen LogP contribution in [0.1, 0.15) is 12.7 Å². The minimum Gasteiger partial charge on any atom is -0.310 e. The molecule has 0 aliphatic rings. The Morgan fingerprint density at radius 3 is 3.00 bits per heavy atom. The van der Waals surface area contributed by atoms with Crippen molar-refractivity contribution in [3.63, 3.8) is 0 Å². The van der Waals surface area contributed by atoms with Gasteiger partial charge >= 0.3 is 0 Å². The fraction of sp³-hybridized carbons (Fsp3) is 0.222. The Balaban J connectivity index is 2.53. The summed E-state index contributed by atoms with van der Waals surface area (Å²) in [5.41, 5.74) is -0.163. The monoisotopic (exact) mass is 268 g/mol. The molecule has 0 spiro atoms. The number of halogens is 1. The number of hydrogen-bond donors (Lipinski definition) is 1. The van der Waals surface area contributed by atoms with E-state index in [-0.39, 0.29) is 5.56 Å². The standard InChI is InChI=1S/C9H9BrN4O/c1-2-7-11-8(5-9(15)12-7)14-4-3-6(10)13-14/h3-5H,2H2,1H3,(H,11,12,15). The summed E-state index contributed by atoms with van der Waals surface area (Å²) >= 11 is 3.24. The lowest BCUT2D eigenvalue weighted by atomic mass is 10.4. The third-order valence-electron chi connectivity index (χ3n) is 1.90. The zero-order valence-electron chi connectivity index (χ0n) is 8.07. The van der Waals surface area contributed by atoms with E-state index < -0.39 is 0 Å². The lowest BCUT2D eigenvalue weighted by Crippen LogP contribution is -2.13. The first-order chi connectivity index (χ1) is 7.19. The van der Waals surface area contributed by atoms with Crippen molar-refractivity contribution < 1.29 is 0 Å². The molecule has 1 N–H and O–H groups in total. The van der Waals surface area contributed by atoms with Gasteiger partial charge in [-0.15, -0.1) is 0 Å². The first-order valence-electron chi connectivity index (χ1n) is 4.51. The minimum absolute atomic E-state index is 0.163. The molecule has 0 amide bonds. The highest BCUT2D eigenvalue weighted by atomic mass is 79.9. The van der Waals surface area contributed by atoms with Crippen LogP contribution in [-0.2, 0) is 6.42 Å². The zero-order chi connectivity index (χ0) is 10.8. The summed E-state index contributed by atoms with van der Waals surface area (Å²) in [5.74, 6) is 1.19. The number of aryl methyl sites for hydroxylation is 1. The van der Waals surface area contributed by atoms with Gasteiger partial charge in [0.1, 0.15) is 10.4 Å². The second-order valence-electron chi connectivity index (χ2n) is 2.99. The summed E-state index contributed by atoms with van der Waals surface area (Å²) in [4.78, 5) is 18.2. The highest BCUT2D eigenvalue weighted by Gasteiger charge is 2.03. The SMILES string of the molecule is CCc1nc(-n2ccc(Br)n2)cc(=O)[nH]1. The Bertz CT molecular complexity index is 531. The summed E-state index contributed by atoms with van der Waals surface area (Å²) in [5, 5.41) is 4.12. The molecule has 0 aromatic carbocycles. The topological polar surface area (TPSA) is 63.6 Å². The number of aromatic amines is 1. The molecule has 6 heteroatoms. The van der Waals surface area contributed by atoms with E-state index in [4.69, 9.17) is 0 Å². The quantitative estimate of drug-likeness (QED) is 0.893. The molecule has 2 rings (SSSR count). The van der Waals surface area contributed by atoms with Gasteiger partial charge in [-0.2, -0.15) is 5.10 Å². The zero-order valence-corrected chi connectivity index (χ0v) is 9.65. The highest BCUT2D eigenvalue weighted by Crippen LogP contribution is 2.07. The molecule has 2 heterocycles. The maximum atomic E-state index is 11.3. The first-order valence-corrected chi connectivity index (χ1v) is 5.30. The average molecular weight is 269 g/mol. The molecule has 0 saturated carbocycles. The Morgan fingerprint density at radius 2 is 2.40 bits per heavy atom. The summed E-state index contributed by atoms with van der Waals surface area (Å²) < 4.78 is 2.26. The molecule has 78 valence electrons. The Morgan fingerprint density at radius 1 is 1.60 bits per heavy atom. The van der Waals surface area contributed by atoms with Crippen LogP contribution in [0.2, 0.25) is 0 Å². The van der Waals surface area contributed by atoms with Gasteiger partial charge in [-0.05, 0) is 22.0 Å². The van der Waals surface area contributed by atoms with Crippen molar-refractivity contribution in [3.05, 3.63) is 39.1 Å². The van der Waals surface area contributed by atoms with Crippen LogP contribution in [0.4, 0.5) is 0 Å². The molecule has 2 aromatic rings. The van der Waals surface area contributed by atoms with Gasteiger partial charge < -0.3 is 4.98 Å². The molecule has 5 nitrogen and oxygen atoms in total. The molecule has 0 fully saturated rings. The van der Waals surface area contributed by atoms with Crippen molar-refractivity contribution in [2.45, 2.75) is 13.3 Å². The molecule has 0 radical (unpaired) electrons. The number of aromatic nitrogens is 4. The lowest BCUT2D eigenvalue weighted by Gasteiger charge is -2.01. The van der Waals surface area contributed by atoms with E-state index in [0.29, 0.717) is 22.7 Å². The summed E-state index contributed by atoms with van der Waals surface area (Å²) in [6.07, 6.45) is 2.43. The maximum Gasteiger partial charge on any atom is 0.253 e. The number of nitrogens with zero attached hydrogens (tertiary/aromatic N) is 3. The van der Waals surface area contributed by atoms with E-state index in [1.54, 1.807) is 16.9 Å². The van der Waals surface area contributed by atoms with Crippen LogP contribution in [0.25, 0.3) is 5.82 Å². The second kappa shape index (κ2) is 3.98. The second-order valence-corrected chi connectivity index (χ2v) is 3.80. The average Bonchev–Trinajstić information content (AvgIpc) is 2.64. The Kier molecular flexibility index (Phi) is 2.68. The largest absolute Gasteiger partial charge is 0.310 e. The van der Waals surface area contributed by atoms with Crippen LogP contribution in [0, 0.1) is 0 Å². The normalized spacial score (nSPS) is 10.5. The Hall–Kier alpha value is -1.43. The maximum absolute atomic E-state index is 11.3. The van der Waals surface area contributed by atoms with E-state index in [9.17, 15) is 4.79 Å². The van der Waals surface area contributed by atoms with Gasteiger partial charge in [0.15, 0.2) is 5.82 Å². The van der Waals surface area contributed by atoms with Gasteiger partial charge in [-0.3, -0.25) is 4.79 Å². The predicted molar refractivity (Wildman–Crippen MR) is 59.1 cm³/mol. The van der Waals surface area contributed by atoms with Crippen molar-refractivity contribution in [2.75, 3.05) is 0 Å². The first kappa shape index (κ1) is 10.1. The summed E-state index contributed by atoms with van der Waals surface area (Å²) in [6, 6.07) is 3.20. The Labute approximate surface area is 94.3 Å². The van der Waals surface area contributed by atoms with E-state index in [1.807, 2.05) is 6.92 Å². The van der Waals surface area contributed by atoms with Crippen molar-refractivity contribution in [2.24, 2.45) is 0 Å². The lowest BCUT2D eigenvalue weighted by molar-refractivity contribution is 0.800. The fourth-order valence-corrected chi connectivity index (χ4v) is 1.50. The van der Waals surface area contributed by atoms with Gasteiger partial charge in [0.05, 0.1) is 0 Å². The predicted octanol–water partition coefficient (Wildman–Crippen LogP) is 1.28. The van der Waals surface area contributed by atoms with Gasteiger partial charge in [-0.25, -0.2) is 9.67 Å². The van der Waals surface area contributed by atoms with Gasteiger partial charge in [-0.1, -0.05) is 6.92 Å². The van der Waals surface area contributed by atoms with Crippen molar-refractivity contribution in [3.8, 4) is 5.82 Å². The van der Waals surface area contributed by atoms with E-state index >= 15 is 0 Å².